The predicted molar refractivity (Wildman–Crippen MR) is 169 cm³/mol. The quantitative estimate of drug-likeness (QED) is 0.0926. The Balaban J connectivity index is 1.56. The molecule has 1 fully saturated rings. The summed E-state index contributed by atoms with van der Waals surface area (Å²) >= 11 is 9.49. The number of nitrogens with two attached hydrogens (primary N) is 1. The molecule has 40 heavy (non-hydrogen) atoms. The molecule has 4 N–H and O–H groups in total. The Morgan fingerprint density at radius 2 is 2.15 bits per heavy atom. The van der Waals surface area contributed by atoms with Crippen LogP contribution in [-0.4, -0.2) is 48.0 Å². The molecule has 2 aromatic heterocycles. The van der Waals surface area contributed by atoms with Gasteiger partial charge in [-0.25, -0.2) is 0 Å². The van der Waals surface area contributed by atoms with Gasteiger partial charge in [0.25, 0.3) is 0 Å². The van der Waals surface area contributed by atoms with Crippen LogP contribution in [0.3, 0.4) is 0 Å². The third-order valence-electron chi connectivity index (χ3n) is 6.65. The van der Waals surface area contributed by atoms with Crippen LogP contribution >= 0.6 is 59.3 Å². The van der Waals surface area contributed by atoms with E-state index < -0.39 is 23.2 Å². The summed E-state index contributed by atoms with van der Waals surface area (Å²) in [5, 5.41) is 20.2. The molecule has 1 aliphatic rings. The molecule has 0 aliphatic heterocycles. The second-order valence-electron chi connectivity index (χ2n) is 9.50. The van der Waals surface area contributed by atoms with Gasteiger partial charge < -0.3 is 5.11 Å². The first-order valence-electron chi connectivity index (χ1n) is 11.9. The molecule has 0 bridgehead atoms. The van der Waals surface area contributed by atoms with Crippen LogP contribution in [0.2, 0.25) is 5.02 Å². The Bertz CT molecular complexity index is 1600. The fraction of sp³-hybridized carbons (Fsp3) is 0.375. The number of rotatable bonds is 10. The Morgan fingerprint density at radius 3 is 2.83 bits per heavy atom. The van der Waals surface area contributed by atoms with Crippen molar-refractivity contribution in [2.75, 3.05) is 11.9 Å². The summed E-state index contributed by atoms with van der Waals surface area (Å²) in [7, 11) is -0.791. The first kappa shape index (κ1) is 32.0. The molecular formula is C24H27ClIN4O6PS3. The average Bonchev–Trinajstić information content (AvgIpc) is 3.45. The number of aryl methyl sites for hydroxylation is 1. The number of aliphatic hydroxyl groups is 1. The van der Waals surface area contributed by atoms with Crippen molar-refractivity contribution in [2.24, 2.45) is 11.1 Å². The smallest absolute Gasteiger partial charge is 0.381 e. The minimum atomic E-state index is -4.10. The number of ketones is 1. The molecule has 3 aromatic rings. The number of anilines is 1. The summed E-state index contributed by atoms with van der Waals surface area (Å²) < 4.78 is 33.4. The van der Waals surface area contributed by atoms with Crippen LogP contribution in [0.15, 0.2) is 42.9 Å². The maximum atomic E-state index is 13.7. The molecule has 1 aliphatic carbocycles. The minimum absolute atomic E-state index is 0.130. The Morgan fingerprint density at radius 1 is 1.40 bits per heavy atom. The van der Waals surface area contributed by atoms with Crippen molar-refractivity contribution in [3.05, 3.63) is 74.3 Å². The zero-order valence-electron chi connectivity index (χ0n) is 21.3. The van der Waals surface area contributed by atoms with Crippen LogP contribution in [0.25, 0.3) is 0 Å². The molecule has 16 heteroatoms. The van der Waals surface area contributed by atoms with Gasteiger partial charge in [0, 0.05) is 5.02 Å². The fourth-order valence-electron chi connectivity index (χ4n) is 4.76. The van der Waals surface area contributed by atoms with Gasteiger partial charge in [-0.15, -0.1) is 0 Å². The van der Waals surface area contributed by atoms with Gasteiger partial charge in [0.2, 0.25) is 0 Å². The van der Waals surface area contributed by atoms with Gasteiger partial charge in [-0.2, -0.15) is 0 Å². The first-order chi connectivity index (χ1) is 18.7. The standard InChI is InChI=1S/C24H27ClIN4O6PS3/c1-13-19(24(2,32)15-4-3-5-16(25)7-15)9-21(38-13)22(31)18-10-28-12-29-23(18)30-17-6-14(11-35-40(27,33)34)20(8-17)36-39(26)37/h3-5,7,9-10,12,14,17,20,32,39H,6,8,11H2,1-2H3,(H2,27,33,34)(H,28,29,30)/t14-,17-,20+,24?/m1/s1. The van der Waals surface area contributed by atoms with E-state index in [2.05, 4.69) is 44.3 Å². The maximum absolute atomic E-state index is 13.7. The van der Waals surface area contributed by atoms with E-state index in [0.717, 1.165) is 4.88 Å². The number of nitrogens with one attached hydrogen (secondary N) is 1. The van der Waals surface area contributed by atoms with Crippen molar-refractivity contribution in [3.8, 4) is 0 Å². The second-order valence-corrected chi connectivity index (χ2v) is 19.1. The molecule has 0 spiro atoms. The number of thiol groups is 1. The van der Waals surface area contributed by atoms with Gasteiger partial charge in [0.1, 0.15) is 5.60 Å². The Hall–Kier alpha value is -0.940. The van der Waals surface area contributed by atoms with E-state index in [0.29, 0.717) is 39.7 Å². The number of carbonyl (C=O) groups is 1. The van der Waals surface area contributed by atoms with Crippen LogP contribution in [0, 0.1) is 12.8 Å². The summed E-state index contributed by atoms with van der Waals surface area (Å²) in [4.78, 5) is 23.3. The fourth-order valence-corrected chi connectivity index (χ4v) is 8.12. The van der Waals surface area contributed by atoms with Gasteiger partial charge in [-0.1, -0.05) is 23.7 Å². The number of aromatic nitrogens is 2. The van der Waals surface area contributed by atoms with Crippen molar-refractivity contribution in [2.45, 2.75) is 44.4 Å². The molecule has 10 nitrogen and oxygen atoms in total. The summed E-state index contributed by atoms with van der Waals surface area (Å²) in [5.41, 5.74) is 0.117. The molecule has 0 amide bonds. The van der Waals surface area contributed by atoms with E-state index in [4.69, 9.17) is 25.1 Å². The van der Waals surface area contributed by atoms with Gasteiger partial charge in [0.15, 0.2) is 0 Å². The predicted octanol–water partition coefficient (Wildman–Crippen LogP) is 5.37. The molecule has 0 radical (unpaired) electrons. The number of hydrogen-bond donors (Lipinski definition) is 4. The van der Waals surface area contributed by atoms with Crippen LogP contribution in [0.5, 0.6) is 0 Å². The number of thiophene rings is 1. The van der Waals surface area contributed by atoms with E-state index in [1.54, 1.807) is 37.3 Å². The van der Waals surface area contributed by atoms with Crippen molar-refractivity contribution in [3.63, 3.8) is 0 Å². The first-order valence-corrected chi connectivity index (χ1v) is 19.8. The minimum Gasteiger partial charge on any atom is -0.381 e. The molecule has 2 unspecified atom stereocenters. The van der Waals surface area contributed by atoms with E-state index in [1.807, 2.05) is 6.92 Å². The molecular weight excluding hydrogens is 730 g/mol. The van der Waals surface area contributed by atoms with E-state index >= 15 is 0 Å². The van der Waals surface area contributed by atoms with Crippen molar-refractivity contribution < 1.29 is 26.7 Å². The van der Waals surface area contributed by atoms with Crippen LogP contribution in [-0.2, 0) is 24.3 Å². The van der Waals surface area contributed by atoms with Gasteiger partial charge in [-0.05, 0) is 31.5 Å². The monoisotopic (exact) mass is 756 g/mol. The summed E-state index contributed by atoms with van der Waals surface area (Å²) in [5.74, 6) is -0.219. The van der Waals surface area contributed by atoms with Gasteiger partial charge in [0.05, 0.1) is 0 Å². The summed E-state index contributed by atoms with van der Waals surface area (Å²) in [6.45, 7) is 3.39. The van der Waals surface area contributed by atoms with E-state index in [9.17, 15) is 18.3 Å². The summed E-state index contributed by atoms with van der Waals surface area (Å²) in [6, 6.07) is 8.48. The number of benzene rings is 1. The van der Waals surface area contributed by atoms with Crippen molar-refractivity contribution >= 4 is 81.2 Å². The van der Waals surface area contributed by atoms with Crippen molar-refractivity contribution in [1.82, 2.24) is 9.97 Å². The zero-order chi connectivity index (χ0) is 29.2. The molecule has 2 heterocycles. The Kier molecular flexibility index (Phi) is 10.5. The van der Waals surface area contributed by atoms with E-state index in [1.165, 1.54) is 23.9 Å². The van der Waals surface area contributed by atoms with Crippen LogP contribution < -0.4 is 10.5 Å². The van der Waals surface area contributed by atoms with E-state index in [-0.39, 0.29) is 36.0 Å². The third-order valence-corrected chi connectivity index (χ3v) is 9.81. The number of carbonyl (C=O) groups excluding carboxylic acids is 1. The van der Waals surface area contributed by atoms with Gasteiger partial charge in [-0.3, -0.25) is 0 Å². The molecule has 5 atom stereocenters. The average molecular weight is 757 g/mol. The molecule has 216 valence electrons. The molecule has 0 saturated heterocycles. The zero-order valence-corrected chi connectivity index (χ0v) is 27.7. The third kappa shape index (κ3) is 7.91. The van der Waals surface area contributed by atoms with Gasteiger partial charge >= 0.3 is 189 Å². The van der Waals surface area contributed by atoms with Crippen molar-refractivity contribution in [1.29, 1.82) is 0 Å². The summed E-state index contributed by atoms with van der Waals surface area (Å²) in [6.07, 6.45) is 3.48. The van der Waals surface area contributed by atoms with Crippen LogP contribution in [0.1, 0.15) is 51.0 Å². The number of nitrogens with zero attached hydrogens (tertiary/aromatic N) is 2. The number of halogens is 2. The Labute approximate surface area is 257 Å². The molecule has 1 saturated carbocycles. The topological polar surface area (TPSA) is 154 Å². The molecule has 4 rings (SSSR count). The second kappa shape index (κ2) is 13.1. The SMILES string of the molecule is Cc1sc(C(=O)c2cncnc2N[C@@H]2C[C@H](COS(N)(=O)=O)[C@@H](O[SH](#P)I)C2)cc1C(C)(O)c1cccc(Cl)c1. The van der Waals surface area contributed by atoms with Crippen LogP contribution in [0.4, 0.5) is 5.82 Å². The molecule has 1 aromatic carbocycles. The number of hydrogen-bond acceptors (Lipinski definition) is 10. The normalized spacial score (nSPS) is 21.6.